The molecule has 0 amide bonds. The first kappa shape index (κ1) is 17.8. The predicted octanol–water partition coefficient (Wildman–Crippen LogP) is 3.12. The molecule has 3 N–H and O–H groups in total. The van der Waals surface area contributed by atoms with E-state index in [0.717, 1.165) is 31.8 Å². The molecule has 1 aliphatic heterocycles. The number of hydrogen-bond acceptors (Lipinski definition) is 2. The molecule has 1 aromatic carbocycles. The number of piperidine rings is 1. The van der Waals surface area contributed by atoms with E-state index in [-0.39, 0.29) is 0 Å². The number of likely N-dealkylation sites (tertiary alicyclic amines) is 1. The summed E-state index contributed by atoms with van der Waals surface area (Å²) >= 11 is 0. The summed E-state index contributed by atoms with van der Waals surface area (Å²) in [6, 6.07) is 8.61. The third-order valence-corrected chi connectivity index (χ3v) is 4.64. The van der Waals surface area contributed by atoms with Crippen molar-refractivity contribution in [1.82, 2.24) is 10.2 Å². The summed E-state index contributed by atoms with van der Waals surface area (Å²) in [6.07, 6.45) is 4.92. The minimum atomic E-state index is 0.556. The van der Waals surface area contributed by atoms with Gasteiger partial charge >= 0.3 is 0 Å². The van der Waals surface area contributed by atoms with Crippen LogP contribution in [0.3, 0.4) is 0 Å². The lowest BCUT2D eigenvalue weighted by Crippen LogP contribution is -2.33. The molecule has 4 heteroatoms. The monoisotopic (exact) mass is 316 g/mol. The summed E-state index contributed by atoms with van der Waals surface area (Å²) < 4.78 is 0. The second-order valence-electron chi connectivity index (χ2n) is 6.71. The molecule has 1 aromatic rings. The maximum Gasteiger partial charge on any atom is 0.188 e. The van der Waals surface area contributed by atoms with Crippen molar-refractivity contribution in [1.29, 1.82) is 0 Å². The lowest BCUT2D eigenvalue weighted by molar-refractivity contribution is 0.185. The standard InChI is InChI=1S/C19H32N4/c1-3-4-11-21-19(20)22-14-17-7-5-6-8-18(17)15-23-12-9-16(2)10-13-23/h5-8,16H,3-4,9-15H2,1-2H3,(H3,20,21,22). The number of nitrogens with zero attached hydrogens (tertiary/aromatic N) is 2. The summed E-state index contributed by atoms with van der Waals surface area (Å²) in [5.74, 6) is 1.43. The van der Waals surface area contributed by atoms with Gasteiger partial charge in [0, 0.05) is 13.1 Å². The van der Waals surface area contributed by atoms with E-state index in [2.05, 4.69) is 53.3 Å². The molecule has 0 aliphatic carbocycles. The molecule has 2 rings (SSSR count). The highest BCUT2D eigenvalue weighted by Crippen LogP contribution is 2.20. The first-order chi connectivity index (χ1) is 11.2. The van der Waals surface area contributed by atoms with Gasteiger partial charge in [0.15, 0.2) is 5.96 Å². The fraction of sp³-hybridized carbons (Fsp3) is 0.632. The van der Waals surface area contributed by atoms with Gasteiger partial charge in [-0.05, 0) is 49.4 Å². The molecule has 0 bridgehead atoms. The smallest absolute Gasteiger partial charge is 0.188 e. The van der Waals surface area contributed by atoms with Crippen molar-refractivity contribution >= 4 is 5.96 Å². The van der Waals surface area contributed by atoms with Crippen LogP contribution < -0.4 is 11.1 Å². The van der Waals surface area contributed by atoms with E-state index in [1.165, 1.54) is 37.1 Å². The highest BCUT2D eigenvalue weighted by molar-refractivity contribution is 5.77. The molecule has 23 heavy (non-hydrogen) atoms. The Labute approximate surface area is 141 Å². The van der Waals surface area contributed by atoms with Gasteiger partial charge in [0.2, 0.25) is 0 Å². The Hall–Kier alpha value is -1.55. The van der Waals surface area contributed by atoms with Gasteiger partial charge in [0.25, 0.3) is 0 Å². The van der Waals surface area contributed by atoms with Crippen LogP contribution in [-0.4, -0.2) is 30.5 Å². The Kier molecular flexibility index (Phi) is 7.40. The zero-order valence-electron chi connectivity index (χ0n) is 14.7. The molecule has 1 aliphatic rings. The van der Waals surface area contributed by atoms with E-state index >= 15 is 0 Å². The van der Waals surface area contributed by atoms with Gasteiger partial charge in [-0.2, -0.15) is 0 Å². The van der Waals surface area contributed by atoms with E-state index in [1.54, 1.807) is 0 Å². The van der Waals surface area contributed by atoms with Crippen molar-refractivity contribution in [2.75, 3.05) is 19.6 Å². The molecule has 1 heterocycles. The second-order valence-corrected chi connectivity index (χ2v) is 6.71. The highest BCUT2D eigenvalue weighted by Gasteiger charge is 2.16. The fourth-order valence-electron chi connectivity index (χ4n) is 2.95. The molecule has 0 saturated carbocycles. The average Bonchev–Trinajstić information content (AvgIpc) is 2.56. The van der Waals surface area contributed by atoms with Gasteiger partial charge < -0.3 is 11.1 Å². The van der Waals surface area contributed by atoms with Crippen LogP contribution in [0, 0.1) is 5.92 Å². The summed E-state index contributed by atoms with van der Waals surface area (Å²) in [5.41, 5.74) is 8.61. The number of unbranched alkanes of at least 4 members (excludes halogenated alkanes) is 1. The molecule has 1 saturated heterocycles. The van der Waals surface area contributed by atoms with Crippen molar-refractivity contribution in [3.8, 4) is 0 Å². The SMILES string of the molecule is CCCCNC(N)=NCc1ccccc1CN1CCC(C)CC1. The van der Waals surface area contributed by atoms with Crippen molar-refractivity contribution in [2.45, 2.75) is 52.6 Å². The third-order valence-electron chi connectivity index (χ3n) is 4.64. The van der Waals surface area contributed by atoms with Gasteiger partial charge in [-0.15, -0.1) is 0 Å². The van der Waals surface area contributed by atoms with Gasteiger partial charge in [-0.1, -0.05) is 44.5 Å². The van der Waals surface area contributed by atoms with E-state index < -0.39 is 0 Å². The minimum absolute atomic E-state index is 0.556. The van der Waals surface area contributed by atoms with Gasteiger partial charge in [0.1, 0.15) is 0 Å². The topological polar surface area (TPSA) is 53.6 Å². The highest BCUT2D eigenvalue weighted by atomic mass is 15.1. The predicted molar refractivity (Wildman–Crippen MR) is 98.4 cm³/mol. The zero-order valence-corrected chi connectivity index (χ0v) is 14.7. The Morgan fingerprint density at radius 1 is 1.26 bits per heavy atom. The molecular formula is C19H32N4. The number of aliphatic imine (C=N–C) groups is 1. The summed E-state index contributed by atoms with van der Waals surface area (Å²) in [5, 5.41) is 3.18. The normalized spacial score (nSPS) is 17.4. The molecule has 0 atom stereocenters. The Morgan fingerprint density at radius 2 is 1.96 bits per heavy atom. The number of rotatable bonds is 7. The number of guanidine groups is 1. The van der Waals surface area contributed by atoms with Crippen LogP contribution in [0.15, 0.2) is 29.3 Å². The fourth-order valence-corrected chi connectivity index (χ4v) is 2.95. The maximum absolute atomic E-state index is 5.94. The second kappa shape index (κ2) is 9.56. The number of benzene rings is 1. The van der Waals surface area contributed by atoms with Gasteiger partial charge in [-0.3, -0.25) is 4.90 Å². The Bertz CT molecular complexity index is 490. The Balaban J connectivity index is 1.90. The van der Waals surface area contributed by atoms with Crippen LogP contribution >= 0.6 is 0 Å². The minimum Gasteiger partial charge on any atom is -0.370 e. The van der Waals surface area contributed by atoms with E-state index in [1.807, 2.05) is 0 Å². The quantitative estimate of drug-likeness (QED) is 0.462. The third kappa shape index (κ3) is 6.22. The van der Waals surface area contributed by atoms with Crippen LogP contribution in [0.4, 0.5) is 0 Å². The maximum atomic E-state index is 5.94. The largest absolute Gasteiger partial charge is 0.370 e. The molecule has 128 valence electrons. The van der Waals surface area contributed by atoms with Crippen molar-refractivity contribution in [2.24, 2.45) is 16.6 Å². The van der Waals surface area contributed by atoms with Crippen molar-refractivity contribution < 1.29 is 0 Å². The van der Waals surface area contributed by atoms with E-state index in [9.17, 15) is 0 Å². The summed E-state index contributed by atoms with van der Waals surface area (Å²) in [7, 11) is 0. The lowest BCUT2D eigenvalue weighted by atomic mass is 9.98. The summed E-state index contributed by atoms with van der Waals surface area (Å²) in [4.78, 5) is 7.06. The average molecular weight is 316 g/mol. The van der Waals surface area contributed by atoms with Crippen molar-refractivity contribution in [3.05, 3.63) is 35.4 Å². The number of nitrogens with two attached hydrogens (primary N) is 1. The van der Waals surface area contributed by atoms with Crippen molar-refractivity contribution in [3.63, 3.8) is 0 Å². The van der Waals surface area contributed by atoms with E-state index in [0.29, 0.717) is 12.5 Å². The molecule has 4 nitrogen and oxygen atoms in total. The lowest BCUT2D eigenvalue weighted by Gasteiger charge is -2.30. The molecule has 0 spiro atoms. The van der Waals surface area contributed by atoms with Gasteiger partial charge in [-0.25, -0.2) is 4.99 Å². The number of nitrogens with one attached hydrogen (secondary N) is 1. The summed E-state index contributed by atoms with van der Waals surface area (Å²) in [6.45, 7) is 9.53. The van der Waals surface area contributed by atoms with Crippen LogP contribution in [0.1, 0.15) is 50.7 Å². The van der Waals surface area contributed by atoms with Crippen LogP contribution in [-0.2, 0) is 13.1 Å². The molecule has 0 radical (unpaired) electrons. The first-order valence-corrected chi connectivity index (χ1v) is 9.02. The van der Waals surface area contributed by atoms with Gasteiger partial charge in [0.05, 0.1) is 6.54 Å². The first-order valence-electron chi connectivity index (χ1n) is 9.02. The number of hydrogen-bond donors (Lipinski definition) is 2. The zero-order chi connectivity index (χ0) is 16.5. The molecular weight excluding hydrogens is 284 g/mol. The van der Waals surface area contributed by atoms with Crippen LogP contribution in [0.2, 0.25) is 0 Å². The van der Waals surface area contributed by atoms with Crippen LogP contribution in [0.5, 0.6) is 0 Å². The molecule has 0 aromatic heterocycles. The molecule has 1 fully saturated rings. The van der Waals surface area contributed by atoms with E-state index in [4.69, 9.17) is 5.73 Å². The van der Waals surface area contributed by atoms with Crippen LogP contribution in [0.25, 0.3) is 0 Å². The Morgan fingerprint density at radius 3 is 2.65 bits per heavy atom. The molecule has 0 unspecified atom stereocenters.